The maximum absolute atomic E-state index is 13.5. The standard InChI is InChI=1S/C16H14BrFO/c17-14-7-6-13(9-15(14)18)16(19)12-5-4-10-2-1-3-11(10)8-12/h4-9,16,19H,1-3H2. The summed E-state index contributed by atoms with van der Waals surface area (Å²) in [6.07, 6.45) is 2.61. The molecule has 0 aliphatic heterocycles. The van der Waals surface area contributed by atoms with E-state index in [0.717, 1.165) is 18.4 Å². The van der Waals surface area contributed by atoms with Crippen LogP contribution in [0.1, 0.15) is 34.8 Å². The number of aryl methyl sites for hydroxylation is 2. The van der Waals surface area contributed by atoms with Crippen molar-refractivity contribution in [3.8, 4) is 0 Å². The fourth-order valence-corrected chi connectivity index (χ4v) is 2.88. The smallest absolute Gasteiger partial charge is 0.137 e. The maximum Gasteiger partial charge on any atom is 0.137 e. The summed E-state index contributed by atoms with van der Waals surface area (Å²) in [5.74, 6) is -0.349. The van der Waals surface area contributed by atoms with Gasteiger partial charge in [-0.15, -0.1) is 0 Å². The molecule has 1 N–H and O–H groups in total. The van der Waals surface area contributed by atoms with Gasteiger partial charge in [0.25, 0.3) is 0 Å². The highest BCUT2D eigenvalue weighted by Gasteiger charge is 2.16. The Morgan fingerprint density at radius 3 is 2.47 bits per heavy atom. The van der Waals surface area contributed by atoms with Crippen LogP contribution in [0.2, 0.25) is 0 Å². The third kappa shape index (κ3) is 2.45. The minimum Gasteiger partial charge on any atom is -0.384 e. The molecule has 0 bridgehead atoms. The molecule has 3 heteroatoms. The van der Waals surface area contributed by atoms with Gasteiger partial charge >= 0.3 is 0 Å². The first-order valence-electron chi connectivity index (χ1n) is 6.40. The Kier molecular flexibility index (Phi) is 3.42. The van der Waals surface area contributed by atoms with E-state index in [9.17, 15) is 9.50 Å². The summed E-state index contributed by atoms with van der Waals surface area (Å²) in [5.41, 5.74) is 4.10. The third-order valence-electron chi connectivity index (χ3n) is 3.70. The Labute approximate surface area is 120 Å². The average molecular weight is 321 g/mol. The molecule has 0 heterocycles. The summed E-state index contributed by atoms with van der Waals surface area (Å²) in [7, 11) is 0. The minimum atomic E-state index is -0.770. The van der Waals surface area contributed by atoms with Gasteiger partial charge in [0.1, 0.15) is 11.9 Å². The molecule has 1 atom stereocenters. The molecule has 1 unspecified atom stereocenters. The molecule has 1 aliphatic carbocycles. The van der Waals surface area contributed by atoms with Gasteiger partial charge in [-0.25, -0.2) is 4.39 Å². The molecule has 1 nitrogen and oxygen atoms in total. The lowest BCUT2D eigenvalue weighted by atomic mass is 9.98. The van der Waals surface area contributed by atoms with Crippen LogP contribution >= 0.6 is 15.9 Å². The van der Waals surface area contributed by atoms with Crippen LogP contribution in [-0.4, -0.2) is 5.11 Å². The molecule has 0 aromatic heterocycles. The van der Waals surface area contributed by atoms with Gasteiger partial charge in [0, 0.05) is 0 Å². The van der Waals surface area contributed by atoms with Crippen LogP contribution in [0.25, 0.3) is 0 Å². The van der Waals surface area contributed by atoms with E-state index in [1.165, 1.54) is 23.6 Å². The maximum atomic E-state index is 13.5. The Morgan fingerprint density at radius 1 is 1.00 bits per heavy atom. The number of fused-ring (bicyclic) bond motifs is 1. The zero-order valence-electron chi connectivity index (χ0n) is 10.4. The topological polar surface area (TPSA) is 20.2 Å². The molecule has 1 aliphatic rings. The van der Waals surface area contributed by atoms with Gasteiger partial charge in [0.15, 0.2) is 0 Å². The molecule has 19 heavy (non-hydrogen) atoms. The van der Waals surface area contributed by atoms with Crippen LogP contribution < -0.4 is 0 Å². The quantitative estimate of drug-likeness (QED) is 0.881. The second-order valence-electron chi connectivity index (χ2n) is 4.96. The lowest BCUT2D eigenvalue weighted by Crippen LogP contribution is -2.01. The molecule has 0 radical (unpaired) electrons. The average Bonchev–Trinajstić information content (AvgIpc) is 2.88. The van der Waals surface area contributed by atoms with Crippen LogP contribution in [0, 0.1) is 5.82 Å². The first-order chi connectivity index (χ1) is 9.15. The van der Waals surface area contributed by atoms with Gasteiger partial charge in [-0.05, 0) is 69.6 Å². The minimum absolute atomic E-state index is 0.349. The fourth-order valence-electron chi connectivity index (χ4n) is 2.64. The van der Waals surface area contributed by atoms with E-state index >= 15 is 0 Å². The highest BCUT2D eigenvalue weighted by molar-refractivity contribution is 9.10. The SMILES string of the molecule is OC(c1ccc(Br)c(F)c1)c1ccc2c(c1)CCC2. The molecule has 2 aromatic carbocycles. The summed E-state index contributed by atoms with van der Waals surface area (Å²) >= 11 is 3.12. The van der Waals surface area contributed by atoms with E-state index in [0.29, 0.717) is 10.0 Å². The van der Waals surface area contributed by atoms with Gasteiger partial charge in [0.2, 0.25) is 0 Å². The van der Waals surface area contributed by atoms with Crippen molar-refractivity contribution in [2.75, 3.05) is 0 Å². The summed E-state index contributed by atoms with van der Waals surface area (Å²) in [4.78, 5) is 0. The van der Waals surface area contributed by atoms with Crippen molar-refractivity contribution >= 4 is 15.9 Å². The molecular formula is C16H14BrFO. The zero-order valence-corrected chi connectivity index (χ0v) is 12.0. The second kappa shape index (κ2) is 5.06. The molecule has 2 aromatic rings. The van der Waals surface area contributed by atoms with E-state index in [2.05, 4.69) is 22.0 Å². The van der Waals surface area contributed by atoms with Gasteiger partial charge in [-0.2, -0.15) is 0 Å². The molecule has 0 saturated heterocycles. The van der Waals surface area contributed by atoms with Gasteiger partial charge in [-0.3, -0.25) is 0 Å². The Hall–Kier alpha value is -1.19. The molecule has 98 valence electrons. The molecule has 0 fully saturated rings. The summed E-state index contributed by atoms with van der Waals surface area (Å²) < 4.78 is 13.9. The normalized spacial score (nSPS) is 15.3. The number of benzene rings is 2. The van der Waals surface area contributed by atoms with E-state index < -0.39 is 6.10 Å². The zero-order chi connectivity index (χ0) is 13.4. The molecule has 0 amide bonds. The van der Waals surface area contributed by atoms with Crippen LogP contribution in [0.5, 0.6) is 0 Å². The largest absolute Gasteiger partial charge is 0.384 e. The highest BCUT2D eigenvalue weighted by atomic mass is 79.9. The first kappa shape index (κ1) is 12.8. The van der Waals surface area contributed by atoms with Crippen molar-refractivity contribution in [3.63, 3.8) is 0 Å². The predicted octanol–water partition coefficient (Wildman–Crippen LogP) is 4.16. The van der Waals surface area contributed by atoms with Gasteiger partial charge in [0.05, 0.1) is 4.47 Å². The van der Waals surface area contributed by atoms with E-state index in [-0.39, 0.29) is 5.82 Å². The summed E-state index contributed by atoms with van der Waals surface area (Å²) in [6, 6.07) is 10.8. The Morgan fingerprint density at radius 2 is 1.68 bits per heavy atom. The van der Waals surface area contributed by atoms with Crippen LogP contribution in [-0.2, 0) is 12.8 Å². The second-order valence-corrected chi connectivity index (χ2v) is 5.81. The lowest BCUT2D eigenvalue weighted by Gasteiger charge is -2.13. The molecule has 0 saturated carbocycles. The van der Waals surface area contributed by atoms with Gasteiger partial charge in [-0.1, -0.05) is 24.3 Å². The van der Waals surface area contributed by atoms with Crippen molar-refractivity contribution in [1.29, 1.82) is 0 Å². The molecule has 0 spiro atoms. The molecular weight excluding hydrogens is 307 g/mol. The number of aliphatic hydroxyl groups is 1. The number of aliphatic hydroxyl groups excluding tert-OH is 1. The fraction of sp³-hybridized carbons (Fsp3) is 0.250. The Bertz CT molecular complexity index is 624. The van der Waals surface area contributed by atoms with Crippen molar-refractivity contribution < 1.29 is 9.50 Å². The van der Waals surface area contributed by atoms with E-state index in [1.54, 1.807) is 12.1 Å². The van der Waals surface area contributed by atoms with Crippen molar-refractivity contribution in [2.45, 2.75) is 25.4 Å². The third-order valence-corrected chi connectivity index (χ3v) is 4.34. The monoisotopic (exact) mass is 320 g/mol. The highest BCUT2D eigenvalue weighted by Crippen LogP contribution is 2.29. The summed E-state index contributed by atoms with van der Waals surface area (Å²) in [5, 5.41) is 10.4. The van der Waals surface area contributed by atoms with Crippen LogP contribution in [0.15, 0.2) is 40.9 Å². The van der Waals surface area contributed by atoms with Crippen molar-refractivity contribution in [1.82, 2.24) is 0 Å². The van der Waals surface area contributed by atoms with Gasteiger partial charge < -0.3 is 5.11 Å². The number of rotatable bonds is 2. The number of hydrogen-bond acceptors (Lipinski definition) is 1. The lowest BCUT2D eigenvalue weighted by molar-refractivity contribution is 0.219. The Balaban J connectivity index is 1.94. The van der Waals surface area contributed by atoms with Crippen LogP contribution in [0.3, 0.4) is 0 Å². The number of halogens is 2. The van der Waals surface area contributed by atoms with Crippen molar-refractivity contribution in [2.24, 2.45) is 0 Å². The van der Waals surface area contributed by atoms with Crippen molar-refractivity contribution in [3.05, 3.63) is 68.9 Å². The first-order valence-corrected chi connectivity index (χ1v) is 7.19. The summed E-state index contributed by atoms with van der Waals surface area (Å²) in [6.45, 7) is 0. The predicted molar refractivity (Wildman–Crippen MR) is 76.6 cm³/mol. The number of hydrogen-bond donors (Lipinski definition) is 1. The molecule has 3 rings (SSSR count). The van der Waals surface area contributed by atoms with E-state index in [4.69, 9.17) is 0 Å². The van der Waals surface area contributed by atoms with Crippen LogP contribution in [0.4, 0.5) is 4.39 Å². The van der Waals surface area contributed by atoms with E-state index in [1.807, 2.05) is 12.1 Å².